The van der Waals surface area contributed by atoms with Crippen molar-refractivity contribution in [2.45, 2.75) is 309 Å². The highest BCUT2D eigenvalue weighted by Gasteiger charge is 2.30. The van der Waals surface area contributed by atoms with Crippen molar-refractivity contribution in [2.75, 3.05) is 40.9 Å². The molecule has 10 heteroatoms. The predicted octanol–water partition coefficient (Wildman–Crippen LogP) is 21.0. The SMILES string of the molecule is CCCCC/C=C\C/C=C\C/C=C\CCCCCCCCCCC(=O)NC(COP(=O)(O)OCC[N+](C)(C)C)C(/C=C/CCCCCCCCCCCC)OC(=O)CCCCCCCCCC/C=C\C/C=C\C/C=C\CCCCC. The standard InChI is InChI=1S/C70H127N2O7P/c1-7-10-13-16-19-22-25-28-30-32-34-36-38-40-42-44-47-50-53-56-59-62-69(73)71-67(66-78-80(75,76)77-65-64-72(4,5)6)68(61-58-55-52-49-46-27-24-21-18-15-12-9-3)79-70(74)63-60-57-54-51-48-45-43-41-39-37-35-33-31-29-26-23-20-17-14-11-8-2/h19-20,22-23,28-31,34-37,58,61,67-68H,7-18,21,24-27,32-33,38-57,59-60,62-66H2,1-6H3,(H-,71,73,75,76)/p+1/b22-19-,23-20-,30-28-,31-29-,36-34-,37-35-,61-58+. The second-order valence-electron chi connectivity index (χ2n) is 23.6. The summed E-state index contributed by atoms with van der Waals surface area (Å²) in [6.45, 7) is 6.96. The van der Waals surface area contributed by atoms with Crippen LogP contribution in [0.3, 0.4) is 0 Å². The lowest BCUT2D eigenvalue weighted by molar-refractivity contribution is -0.870. The van der Waals surface area contributed by atoms with E-state index in [9.17, 15) is 19.0 Å². The summed E-state index contributed by atoms with van der Waals surface area (Å²) in [7, 11) is 1.48. The Kier molecular flexibility index (Phi) is 57.3. The Morgan fingerprint density at radius 1 is 0.438 bits per heavy atom. The van der Waals surface area contributed by atoms with Crippen molar-refractivity contribution in [3.63, 3.8) is 0 Å². The maximum atomic E-state index is 13.6. The lowest BCUT2D eigenvalue weighted by Gasteiger charge is -2.27. The number of unbranched alkanes of at least 4 members (excludes halogenated alkanes) is 32. The molecule has 0 aromatic heterocycles. The molecule has 0 heterocycles. The van der Waals surface area contributed by atoms with E-state index in [0.29, 0.717) is 17.4 Å². The van der Waals surface area contributed by atoms with Gasteiger partial charge in [-0.15, -0.1) is 0 Å². The summed E-state index contributed by atoms with van der Waals surface area (Å²) in [6, 6.07) is -0.860. The number of amides is 1. The van der Waals surface area contributed by atoms with E-state index in [-0.39, 0.29) is 31.5 Å². The minimum atomic E-state index is -4.46. The van der Waals surface area contributed by atoms with Gasteiger partial charge >= 0.3 is 13.8 Å². The first-order valence-electron chi connectivity index (χ1n) is 33.4. The minimum absolute atomic E-state index is 0.0343. The monoisotopic (exact) mass is 1140 g/mol. The van der Waals surface area contributed by atoms with Crippen LogP contribution in [0.1, 0.15) is 297 Å². The van der Waals surface area contributed by atoms with Gasteiger partial charge in [-0.3, -0.25) is 18.6 Å². The van der Waals surface area contributed by atoms with Crippen molar-refractivity contribution >= 4 is 19.7 Å². The van der Waals surface area contributed by atoms with E-state index in [1.54, 1.807) is 0 Å². The van der Waals surface area contributed by atoms with Crippen molar-refractivity contribution < 1.29 is 37.3 Å². The van der Waals surface area contributed by atoms with Crippen molar-refractivity contribution in [3.05, 3.63) is 85.1 Å². The molecule has 0 rings (SSSR count). The summed E-state index contributed by atoms with van der Waals surface area (Å²) >= 11 is 0. The van der Waals surface area contributed by atoms with Gasteiger partial charge in [-0.25, -0.2) is 4.57 Å². The maximum absolute atomic E-state index is 13.6. The number of nitrogens with one attached hydrogen (secondary N) is 1. The summed E-state index contributed by atoms with van der Waals surface area (Å²) < 4.78 is 30.8. The molecule has 0 aliphatic carbocycles. The van der Waals surface area contributed by atoms with Crippen LogP contribution in [0.4, 0.5) is 0 Å². The molecule has 0 radical (unpaired) electrons. The topological polar surface area (TPSA) is 111 Å². The van der Waals surface area contributed by atoms with E-state index < -0.39 is 20.0 Å². The normalized spacial score (nSPS) is 14.1. The summed E-state index contributed by atoms with van der Waals surface area (Å²) in [5.74, 6) is -0.519. The van der Waals surface area contributed by atoms with Crippen molar-refractivity contribution in [1.82, 2.24) is 5.32 Å². The number of phosphoric ester groups is 1. The van der Waals surface area contributed by atoms with Crippen LogP contribution in [0.15, 0.2) is 85.1 Å². The molecule has 0 spiro atoms. The highest BCUT2D eigenvalue weighted by atomic mass is 31.2. The highest BCUT2D eigenvalue weighted by Crippen LogP contribution is 2.43. The molecule has 9 nitrogen and oxygen atoms in total. The number of carbonyl (C=O) groups excluding carboxylic acids is 2. The molecule has 0 aromatic carbocycles. The third kappa shape index (κ3) is 59.8. The molecule has 2 N–H and O–H groups in total. The van der Waals surface area contributed by atoms with Gasteiger partial charge in [-0.05, 0) is 109 Å². The average Bonchev–Trinajstić information content (AvgIpc) is 3.42. The second kappa shape index (κ2) is 59.4. The van der Waals surface area contributed by atoms with Crippen LogP contribution in [0, 0.1) is 0 Å². The number of carbonyl (C=O) groups is 2. The summed E-state index contributed by atoms with van der Waals surface area (Å²) in [5, 5.41) is 3.06. The Morgan fingerprint density at radius 3 is 1.16 bits per heavy atom. The first-order chi connectivity index (χ1) is 38.9. The molecular formula is C70H128N2O7P+. The number of rotatable bonds is 60. The number of esters is 1. The minimum Gasteiger partial charge on any atom is -0.456 e. The third-order valence-corrected chi connectivity index (χ3v) is 15.5. The summed E-state index contributed by atoms with van der Waals surface area (Å²) in [4.78, 5) is 37.8. The van der Waals surface area contributed by atoms with Crippen molar-refractivity contribution in [3.8, 4) is 0 Å². The third-order valence-electron chi connectivity index (χ3n) is 14.6. The van der Waals surface area contributed by atoms with Gasteiger partial charge in [0.05, 0.1) is 33.8 Å². The lowest BCUT2D eigenvalue weighted by Crippen LogP contribution is -2.47. The molecule has 0 aliphatic heterocycles. The van der Waals surface area contributed by atoms with E-state index in [4.69, 9.17) is 13.8 Å². The number of ether oxygens (including phenoxy) is 1. The van der Waals surface area contributed by atoms with E-state index >= 15 is 0 Å². The van der Waals surface area contributed by atoms with Gasteiger partial charge in [-0.2, -0.15) is 0 Å². The molecular weight excluding hydrogens is 1010 g/mol. The Balaban J connectivity index is 5.20. The van der Waals surface area contributed by atoms with E-state index in [1.807, 2.05) is 33.3 Å². The molecule has 0 fully saturated rings. The van der Waals surface area contributed by atoms with Gasteiger partial charge in [0.2, 0.25) is 5.91 Å². The Morgan fingerprint density at radius 2 is 0.762 bits per heavy atom. The number of phosphoric acid groups is 1. The van der Waals surface area contributed by atoms with Crippen LogP contribution in [0.2, 0.25) is 0 Å². The van der Waals surface area contributed by atoms with Gasteiger partial charge in [0, 0.05) is 12.8 Å². The van der Waals surface area contributed by atoms with Crippen molar-refractivity contribution in [2.24, 2.45) is 0 Å². The van der Waals surface area contributed by atoms with E-state index in [1.165, 1.54) is 154 Å². The van der Waals surface area contributed by atoms with Crippen LogP contribution < -0.4 is 5.32 Å². The number of nitrogens with zero attached hydrogens (tertiary/aromatic N) is 1. The zero-order valence-electron chi connectivity index (χ0n) is 53.1. The number of allylic oxidation sites excluding steroid dienone is 13. The molecule has 3 unspecified atom stereocenters. The van der Waals surface area contributed by atoms with Crippen LogP contribution in [-0.4, -0.2) is 74.3 Å². The molecule has 0 bridgehead atoms. The van der Waals surface area contributed by atoms with E-state index in [2.05, 4.69) is 99.0 Å². The molecule has 0 aliphatic rings. The highest BCUT2D eigenvalue weighted by molar-refractivity contribution is 7.47. The Bertz CT molecular complexity index is 1640. The summed E-state index contributed by atoms with van der Waals surface area (Å²) in [6.07, 6.45) is 78.6. The number of hydrogen-bond donors (Lipinski definition) is 2. The molecule has 0 aromatic rings. The van der Waals surface area contributed by atoms with Crippen molar-refractivity contribution in [1.29, 1.82) is 0 Å². The van der Waals surface area contributed by atoms with Gasteiger partial charge in [-0.1, -0.05) is 260 Å². The quantitative estimate of drug-likeness (QED) is 0.0205. The fourth-order valence-electron chi connectivity index (χ4n) is 9.37. The second-order valence-corrected chi connectivity index (χ2v) is 25.1. The number of hydrogen-bond acceptors (Lipinski definition) is 6. The Hall–Kier alpha value is -2.81. The van der Waals surface area contributed by atoms with Gasteiger partial charge < -0.3 is 19.4 Å². The van der Waals surface area contributed by atoms with E-state index in [0.717, 1.165) is 109 Å². The first-order valence-corrected chi connectivity index (χ1v) is 34.9. The molecule has 80 heavy (non-hydrogen) atoms. The smallest absolute Gasteiger partial charge is 0.456 e. The zero-order chi connectivity index (χ0) is 58.6. The number of likely N-dealkylation sites (N-methyl/N-ethyl adjacent to an activating group) is 1. The molecule has 0 saturated carbocycles. The van der Waals surface area contributed by atoms with Gasteiger partial charge in [0.15, 0.2) is 0 Å². The summed E-state index contributed by atoms with van der Waals surface area (Å²) in [5.41, 5.74) is 0. The van der Waals surface area contributed by atoms with Crippen LogP contribution in [0.5, 0.6) is 0 Å². The molecule has 0 saturated heterocycles. The number of quaternary nitrogens is 1. The average molecular weight is 1140 g/mol. The van der Waals surface area contributed by atoms with Crippen LogP contribution in [-0.2, 0) is 27.9 Å². The largest absolute Gasteiger partial charge is 0.472 e. The maximum Gasteiger partial charge on any atom is 0.472 e. The van der Waals surface area contributed by atoms with Gasteiger partial charge in [0.25, 0.3) is 0 Å². The first kappa shape index (κ1) is 77.2. The van der Waals surface area contributed by atoms with Crippen LogP contribution in [0.25, 0.3) is 0 Å². The van der Waals surface area contributed by atoms with Gasteiger partial charge in [0.1, 0.15) is 19.3 Å². The molecule has 3 atom stereocenters. The molecule has 1 amide bonds. The molecule has 464 valence electrons. The fourth-order valence-corrected chi connectivity index (χ4v) is 10.1. The zero-order valence-corrected chi connectivity index (χ0v) is 54.0. The predicted molar refractivity (Wildman–Crippen MR) is 346 cm³/mol. The Labute approximate surface area is 495 Å². The fraction of sp³-hybridized carbons (Fsp3) is 0.771. The van der Waals surface area contributed by atoms with Crippen LogP contribution >= 0.6 is 7.82 Å². The lowest BCUT2D eigenvalue weighted by atomic mass is 10.0.